The van der Waals surface area contributed by atoms with Crippen molar-refractivity contribution < 1.29 is 9.53 Å². The molecule has 0 radical (unpaired) electrons. The molecule has 0 atom stereocenters. The van der Waals surface area contributed by atoms with Crippen LogP contribution in [0.4, 0.5) is 5.69 Å². The third-order valence-corrected chi connectivity index (χ3v) is 6.28. The van der Waals surface area contributed by atoms with Crippen LogP contribution in [-0.2, 0) is 4.79 Å². The number of hydrogen-bond donors (Lipinski definition) is 1. The van der Waals surface area contributed by atoms with E-state index in [9.17, 15) is 4.79 Å². The molecular formula is C24H27ClN4O2. The molecule has 3 aromatic rings. The highest BCUT2D eigenvalue weighted by Gasteiger charge is 2.34. The molecule has 162 valence electrons. The standard InChI is InChI=1S/C24H27ClN4O2/c1-15(2)31-17-5-6-18(20(25)13-17)21-14-19-22(7-8-26-23(19)27-21)28-9-11-29(12-10-28)24(30)16-3-4-16/h5-8,13-16H,3-4,9-12H2,1-2H3,(H,26,27). The molecule has 1 N–H and O–H groups in total. The van der Waals surface area contributed by atoms with Gasteiger partial charge in [0.25, 0.3) is 0 Å². The van der Waals surface area contributed by atoms with Crippen molar-refractivity contribution >= 4 is 34.2 Å². The highest BCUT2D eigenvalue weighted by Crippen LogP contribution is 2.36. The highest BCUT2D eigenvalue weighted by atomic mass is 35.5. The molecule has 1 amide bonds. The number of H-pyrrole nitrogens is 1. The Morgan fingerprint density at radius 2 is 1.94 bits per heavy atom. The van der Waals surface area contributed by atoms with Crippen LogP contribution in [0.15, 0.2) is 36.5 Å². The Hall–Kier alpha value is -2.73. The van der Waals surface area contributed by atoms with E-state index in [4.69, 9.17) is 16.3 Å². The number of halogens is 1. The van der Waals surface area contributed by atoms with Gasteiger partial charge in [0.15, 0.2) is 0 Å². The van der Waals surface area contributed by atoms with Crippen LogP contribution in [0.3, 0.4) is 0 Å². The van der Waals surface area contributed by atoms with Crippen LogP contribution >= 0.6 is 11.6 Å². The number of fused-ring (bicyclic) bond motifs is 1. The number of anilines is 1. The summed E-state index contributed by atoms with van der Waals surface area (Å²) >= 11 is 6.57. The summed E-state index contributed by atoms with van der Waals surface area (Å²) in [6.45, 7) is 7.21. The van der Waals surface area contributed by atoms with Gasteiger partial charge in [0, 0.05) is 60.6 Å². The van der Waals surface area contributed by atoms with Crippen LogP contribution in [0.2, 0.25) is 5.02 Å². The van der Waals surface area contributed by atoms with Gasteiger partial charge in [-0.1, -0.05) is 11.6 Å². The van der Waals surface area contributed by atoms with Crippen molar-refractivity contribution in [2.75, 3.05) is 31.1 Å². The van der Waals surface area contributed by atoms with E-state index < -0.39 is 0 Å². The Morgan fingerprint density at radius 1 is 1.16 bits per heavy atom. The van der Waals surface area contributed by atoms with Crippen molar-refractivity contribution in [3.05, 3.63) is 41.6 Å². The Morgan fingerprint density at radius 3 is 2.61 bits per heavy atom. The van der Waals surface area contributed by atoms with Gasteiger partial charge in [0.2, 0.25) is 5.91 Å². The maximum atomic E-state index is 12.4. The van der Waals surface area contributed by atoms with Gasteiger partial charge in [-0.3, -0.25) is 4.79 Å². The van der Waals surface area contributed by atoms with E-state index >= 15 is 0 Å². The first-order valence-corrected chi connectivity index (χ1v) is 11.4. The Labute approximate surface area is 187 Å². The lowest BCUT2D eigenvalue weighted by Gasteiger charge is -2.36. The molecule has 1 aromatic carbocycles. The van der Waals surface area contributed by atoms with E-state index in [0.717, 1.165) is 72.7 Å². The van der Waals surface area contributed by atoms with Crippen molar-refractivity contribution in [2.45, 2.75) is 32.8 Å². The number of aromatic nitrogens is 2. The van der Waals surface area contributed by atoms with Gasteiger partial charge in [-0.05, 0) is 57.0 Å². The SMILES string of the molecule is CC(C)Oc1ccc(-c2cc3c(N4CCN(C(=O)C5CC5)CC4)ccnc3[nH]2)c(Cl)c1. The second-order valence-electron chi connectivity index (χ2n) is 8.67. The second kappa shape index (κ2) is 8.08. The summed E-state index contributed by atoms with van der Waals surface area (Å²) in [5.74, 6) is 1.38. The lowest BCUT2D eigenvalue weighted by molar-refractivity contribution is -0.132. The van der Waals surface area contributed by atoms with E-state index in [2.05, 4.69) is 27.0 Å². The molecule has 0 spiro atoms. The third kappa shape index (κ3) is 4.09. The minimum atomic E-state index is 0.0989. The first kappa shape index (κ1) is 20.2. The van der Waals surface area contributed by atoms with Gasteiger partial charge < -0.3 is 19.5 Å². The maximum Gasteiger partial charge on any atom is 0.225 e. The Balaban J connectivity index is 1.39. The smallest absolute Gasteiger partial charge is 0.225 e. The molecular weight excluding hydrogens is 412 g/mol. The molecule has 7 heteroatoms. The van der Waals surface area contributed by atoms with E-state index in [0.29, 0.717) is 10.9 Å². The summed E-state index contributed by atoms with van der Waals surface area (Å²) in [7, 11) is 0. The molecule has 2 fully saturated rings. The van der Waals surface area contributed by atoms with Crippen molar-refractivity contribution in [1.82, 2.24) is 14.9 Å². The van der Waals surface area contributed by atoms with Crippen molar-refractivity contribution in [1.29, 1.82) is 0 Å². The number of pyridine rings is 1. The lowest BCUT2D eigenvalue weighted by atomic mass is 10.1. The van der Waals surface area contributed by atoms with Crippen LogP contribution < -0.4 is 9.64 Å². The number of benzene rings is 1. The zero-order valence-electron chi connectivity index (χ0n) is 17.9. The zero-order valence-corrected chi connectivity index (χ0v) is 18.7. The van der Waals surface area contributed by atoms with Gasteiger partial charge in [-0.25, -0.2) is 4.98 Å². The third-order valence-electron chi connectivity index (χ3n) is 5.97. The van der Waals surface area contributed by atoms with E-state index in [1.807, 2.05) is 43.1 Å². The Bertz CT molecular complexity index is 1110. The molecule has 3 heterocycles. The summed E-state index contributed by atoms with van der Waals surface area (Å²) in [5.41, 5.74) is 3.82. The predicted molar refractivity (Wildman–Crippen MR) is 124 cm³/mol. The number of aromatic amines is 1. The van der Waals surface area contributed by atoms with E-state index in [1.165, 1.54) is 0 Å². The molecule has 6 nitrogen and oxygen atoms in total. The number of carbonyl (C=O) groups excluding carboxylic acids is 1. The van der Waals surface area contributed by atoms with Crippen LogP contribution in [0, 0.1) is 5.92 Å². The normalized spacial score (nSPS) is 16.9. The van der Waals surface area contributed by atoms with Gasteiger partial charge in [0.05, 0.1) is 11.1 Å². The summed E-state index contributed by atoms with van der Waals surface area (Å²) in [6.07, 6.45) is 4.05. The first-order valence-electron chi connectivity index (χ1n) is 11.0. The van der Waals surface area contributed by atoms with Gasteiger partial charge in [-0.15, -0.1) is 0 Å². The van der Waals surface area contributed by atoms with E-state index in [1.54, 1.807) is 0 Å². The number of ether oxygens (including phenoxy) is 1. The molecule has 2 aromatic heterocycles. The molecule has 0 bridgehead atoms. The fraction of sp³-hybridized carbons (Fsp3) is 0.417. The van der Waals surface area contributed by atoms with E-state index in [-0.39, 0.29) is 12.0 Å². The average Bonchev–Trinajstić information content (AvgIpc) is 3.51. The molecule has 1 saturated heterocycles. The van der Waals surface area contributed by atoms with Crippen molar-refractivity contribution in [2.24, 2.45) is 5.92 Å². The molecule has 31 heavy (non-hydrogen) atoms. The Kier molecular flexibility index (Phi) is 5.26. The minimum absolute atomic E-state index is 0.0989. The zero-order chi connectivity index (χ0) is 21.5. The number of nitrogens with one attached hydrogen (secondary N) is 1. The molecule has 0 unspecified atom stereocenters. The van der Waals surface area contributed by atoms with Gasteiger partial charge >= 0.3 is 0 Å². The van der Waals surface area contributed by atoms with Crippen LogP contribution in [-0.4, -0.2) is 53.1 Å². The number of amides is 1. The summed E-state index contributed by atoms with van der Waals surface area (Å²) in [5, 5.41) is 1.71. The minimum Gasteiger partial charge on any atom is -0.491 e. The molecule has 2 aliphatic rings. The lowest BCUT2D eigenvalue weighted by Crippen LogP contribution is -2.49. The number of hydrogen-bond acceptors (Lipinski definition) is 4. The van der Waals surface area contributed by atoms with Gasteiger partial charge in [0.1, 0.15) is 11.4 Å². The molecule has 1 aliphatic heterocycles. The summed E-state index contributed by atoms with van der Waals surface area (Å²) in [4.78, 5) is 24.7. The van der Waals surface area contributed by atoms with Gasteiger partial charge in [-0.2, -0.15) is 0 Å². The van der Waals surface area contributed by atoms with Crippen LogP contribution in [0.1, 0.15) is 26.7 Å². The molecule has 1 aliphatic carbocycles. The highest BCUT2D eigenvalue weighted by molar-refractivity contribution is 6.33. The fourth-order valence-electron chi connectivity index (χ4n) is 4.25. The largest absolute Gasteiger partial charge is 0.491 e. The second-order valence-corrected chi connectivity index (χ2v) is 9.08. The first-order chi connectivity index (χ1) is 15.0. The number of nitrogens with zero attached hydrogens (tertiary/aromatic N) is 3. The van der Waals surface area contributed by atoms with Crippen LogP contribution in [0.25, 0.3) is 22.3 Å². The predicted octanol–water partition coefficient (Wildman–Crippen LogP) is 4.73. The molecule has 5 rings (SSSR count). The monoisotopic (exact) mass is 438 g/mol. The average molecular weight is 439 g/mol. The number of piperazine rings is 1. The summed E-state index contributed by atoms with van der Waals surface area (Å²) < 4.78 is 5.75. The number of rotatable bonds is 5. The number of carbonyl (C=O) groups is 1. The van der Waals surface area contributed by atoms with Crippen molar-refractivity contribution in [3.8, 4) is 17.0 Å². The topological polar surface area (TPSA) is 61.5 Å². The summed E-state index contributed by atoms with van der Waals surface area (Å²) in [6, 6.07) is 9.94. The molecule has 1 saturated carbocycles. The maximum absolute atomic E-state index is 12.4. The fourth-order valence-corrected chi connectivity index (χ4v) is 4.52. The van der Waals surface area contributed by atoms with Crippen LogP contribution in [0.5, 0.6) is 5.75 Å². The van der Waals surface area contributed by atoms with Crippen molar-refractivity contribution in [3.63, 3.8) is 0 Å². The quantitative estimate of drug-likeness (QED) is 0.625.